The molecule has 3 aromatic rings. The fourth-order valence-electron chi connectivity index (χ4n) is 3.51. The maximum absolute atomic E-state index is 13.0. The third-order valence-electron chi connectivity index (χ3n) is 5.19. The quantitative estimate of drug-likeness (QED) is 0.496. The fourth-order valence-corrected chi connectivity index (χ4v) is 3.51. The molecule has 0 spiro atoms. The molecular formula is C26H24O5. The molecule has 31 heavy (non-hydrogen) atoms. The summed E-state index contributed by atoms with van der Waals surface area (Å²) in [5.41, 5.74) is 4.34. The number of hydrogen-bond acceptors (Lipinski definition) is 5. The van der Waals surface area contributed by atoms with Crippen molar-refractivity contribution in [3.05, 3.63) is 88.2 Å². The van der Waals surface area contributed by atoms with Crippen molar-refractivity contribution >= 4 is 11.9 Å². The molecule has 4 rings (SSSR count). The number of aryl methyl sites for hydroxylation is 2. The molecule has 0 aromatic heterocycles. The first kappa shape index (κ1) is 20.5. The molecule has 0 amide bonds. The molecule has 1 aliphatic heterocycles. The van der Waals surface area contributed by atoms with Crippen LogP contribution in [0, 0.1) is 13.8 Å². The van der Waals surface area contributed by atoms with E-state index in [4.69, 9.17) is 18.9 Å². The van der Waals surface area contributed by atoms with Crippen LogP contribution in [0.25, 0.3) is 6.08 Å². The van der Waals surface area contributed by atoms with Gasteiger partial charge in [0.2, 0.25) is 5.78 Å². The molecule has 0 radical (unpaired) electrons. The van der Waals surface area contributed by atoms with Gasteiger partial charge >= 0.3 is 0 Å². The molecule has 0 unspecified atom stereocenters. The van der Waals surface area contributed by atoms with Crippen LogP contribution in [0.15, 0.2) is 60.4 Å². The molecule has 0 atom stereocenters. The second-order valence-corrected chi connectivity index (χ2v) is 7.44. The van der Waals surface area contributed by atoms with Gasteiger partial charge in [0.25, 0.3) is 0 Å². The Bertz CT molecular complexity index is 1160. The van der Waals surface area contributed by atoms with Gasteiger partial charge in [-0.3, -0.25) is 4.79 Å². The van der Waals surface area contributed by atoms with Crippen LogP contribution in [0.2, 0.25) is 0 Å². The first-order chi connectivity index (χ1) is 15.0. The van der Waals surface area contributed by atoms with Crippen molar-refractivity contribution in [3.63, 3.8) is 0 Å². The molecule has 1 aliphatic rings. The van der Waals surface area contributed by atoms with Gasteiger partial charge in [0.1, 0.15) is 29.6 Å². The van der Waals surface area contributed by atoms with Crippen molar-refractivity contribution < 1.29 is 23.7 Å². The van der Waals surface area contributed by atoms with Crippen molar-refractivity contribution in [2.75, 3.05) is 14.2 Å². The summed E-state index contributed by atoms with van der Waals surface area (Å²) in [6.45, 7) is 4.37. The predicted molar refractivity (Wildman–Crippen MR) is 119 cm³/mol. The van der Waals surface area contributed by atoms with Gasteiger partial charge in [0, 0.05) is 11.6 Å². The number of hydrogen-bond donors (Lipinski definition) is 0. The fraction of sp³-hybridized carbons (Fsp3) is 0.192. The number of allylic oxidation sites excluding steroid dienone is 1. The number of benzene rings is 3. The van der Waals surface area contributed by atoms with Gasteiger partial charge in [-0.15, -0.1) is 0 Å². The van der Waals surface area contributed by atoms with Gasteiger partial charge in [0.15, 0.2) is 5.76 Å². The van der Waals surface area contributed by atoms with Gasteiger partial charge in [-0.05, 0) is 55.3 Å². The average molecular weight is 416 g/mol. The molecular weight excluding hydrogens is 392 g/mol. The Morgan fingerprint density at radius 1 is 0.903 bits per heavy atom. The Kier molecular flexibility index (Phi) is 5.67. The molecule has 3 aromatic carbocycles. The van der Waals surface area contributed by atoms with E-state index in [2.05, 4.69) is 19.1 Å². The molecule has 5 nitrogen and oxygen atoms in total. The highest BCUT2D eigenvalue weighted by Gasteiger charge is 2.30. The van der Waals surface area contributed by atoms with Crippen LogP contribution in [0.4, 0.5) is 0 Å². The number of fused-ring (bicyclic) bond motifs is 1. The molecule has 1 heterocycles. The van der Waals surface area contributed by atoms with E-state index in [0.717, 1.165) is 11.1 Å². The maximum Gasteiger partial charge on any atom is 0.232 e. The first-order valence-electron chi connectivity index (χ1n) is 9.97. The minimum atomic E-state index is -0.164. The Morgan fingerprint density at radius 3 is 2.39 bits per heavy atom. The topological polar surface area (TPSA) is 54.0 Å². The molecule has 0 saturated heterocycles. The molecule has 5 heteroatoms. The van der Waals surface area contributed by atoms with Crippen LogP contribution in [-0.4, -0.2) is 20.0 Å². The normalized spacial score (nSPS) is 13.7. The lowest BCUT2D eigenvalue weighted by Gasteiger charge is -2.09. The van der Waals surface area contributed by atoms with E-state index in [0.29, 0.717) is 40.7 Å². The lowest BCUT2D eigenvalue weighted by molar-refractivity contribution is 0.101. The first-order valence-corrected chi connectivity index (χ1v) is 9.97. The van der Waals surface area contributed by atoms with Crippen LogP contribution in [-0.2, 0) is 6.61 Å². The van der Waals surface area contributed by atoms with Crippen molar-refractivity contribution in [2.24, 2.45) is 0 Å². The van der Waals surface area contributed by atoms with E-state index in [-0.39, 0.29) is 11.5 Å². The predicted octanol–water partition coefficient (Wildman–Crippen LogP) is 5.52. The monoisotopic (exact) mass is 416 g/mol. The number of carbonyl (C=O) groups is 1. The summed E-state index contributed by atoms with van der Waals surface area (Å²) in [6, 6.07) is 17.2. The number of ketones is 1. The Labute approximate surface area is 181 Å². The summed E-state index contributed by atoms with van der Waals surface area (Å²) in [4.78, 5) is 13.0. The number of rotatable bonds is 6. The Morgan fingerprint density at radius 2 is 1.68 bits per heavy atom. The van der Waals surface area contributed by atoms with E-state index in [1.807, 2.05) is 25.1 Å². The second kappa shape index (κ2) is 8.56. The zero-order valence-corrected chi connectivity index (χ0v) is 18.0. The molecule has 0 bridgehead atoms. The zero-order chi connectivity index (χ0) is 22.0. The summed E-state index contributed by atoms with van der Waals surface area (Å²) in [6.07, 6.45) is 1.68. The highest BCUT2D eigenvalue weighted by molar-refractivity contribution is 6.15. The minimum absolute atomic E-state index is 0.164. The number of Topliss-reactive ketones (excluding diaryl/α,β-unsaturated/α-hetero) is 1. The van der Waals surface area contributed by atoms with Crippen molar-refractivity contribution in [3.8, 4) is 23.0 Å². The molecule has 0 saturated carbocycles. The summed E-state index contributed by atoms with van der Waals surface area (Å²) in [7, 11) is 3.17. The average Bonchev–Trinajstić information content (AvgIpc) is 3.08. The minimum Gasteiger partial charge on any atom is -0.497 e. The summed E-state index contributed by atoms with van der Waals surface area (Å²) in [5, 5.41) is 0. The second-order valence-electron chi connectivity index (χ2n) is 7.44. The van der Waals surface area contributed by atoms with E-state index in [1.165, 1.54) is 5.56 Å². The molecule has 0 aliphatic carbocycles. The van der Waals surface area contributed by atoms with Gasteiger partial charge in [-0.1, -0.05) is 29.8 Å². The van der Waals surface area contributed by atoms with Crippen LogP contribution in [0.1, 0.15) is 32.6 Å². The van der Waals surface area contributed by atoms with Crippen molar-refractivity contribution in [1.29, 1.82) is 0 Å². The third-order valence-corrected chi connectivity index (χ3v) is 5.19. The molecule has 158 valence electrons. The number of carbonyl (C=O) groups excluding carboxylic acids is 1. The summed E-state index contributed by atoms with van der Waals surface area (Å²) < 4.78 is 22.6. The number of methoxy groups -OCH3 is 2. The van der Waals surface area contributed by atoms with Gasteiger partial charge in [0.05, 0.1) is 19.8 Å². The van der Waals surface area contributed by atoms with Crippen LogP contribution < -0.4 is 18.9 Å². The lowest BCUT2D eigenvalue weighted by atomic mass is 10.0. The lowest BCUT2D eigenvalue weighted by Crippen LogP contribution is -2.00. The highest BCUT2D eigenvalue weighted by atomic mass is 16.5. The maximum atomic E-state index is 13.0. The van der Waals surface area contributed by atoms with Crippen LogP contribution >= 0.6 is 0 Å². The van der Waals surface area contributed by atoms with Crippen LogP contribution in [0.3, 0.4) is 0 Å². The molecule has 0 fully saturated rings. The SMILES string of the molecule is COc1ccc(OC)c(/C=C2\Oc3cc(OCc4ccc(C)cc4)cc(C)c3C2=O)c1. The zero-order valence-electron chi connectivity index (χ0n) is 18.0. The smallest absolute Gasteiger partial charge is 0.232 e. The standard InChI is InChI=1S/C26H24O5/c1-16-5-7-18(8-6-16)15-30-21-11-17(2)25-23(14-21)31-24(26(25)27)13-19-12-20(28-3)9-10-22(19)29-4/h5-14H,15H2,1-4H3/b24-13-. The number of ether oxygens (including phenoxy) is 4. The Balaban J connectivity index is 1.59. The van der Waals surface area contributed by atoms with E-state index >= 15 is 0 Å². The molecule has 0 N–H and O–H groups in total. The Hall–Kier alpha value is -3.73. The third kappa shape index (κ3) is 4.26. The van der Waals surface area contributed by atoms with Gasteiger partial charge < -0.3 is 18.9 Å². The van der Waals surface area contributed by atoms with Gasteiger partial charge in [-0.25, -0.2) is 0 Å². The van der Waals surface area contributed by atoms with E-state index in [1.54, 1.807) is 44.6 Å². The van der Waals surface area contributed by atoms with Crippen molar-refractivity contribution in [1.82, 2.24) is 0 Å². The van der Waals surface area contributed by atoms with E-state index < -0.39 is 0 Å². The summed E-state index contributed by atoms with van der Waals surface area (Å²) in [5.74, 6) is 2.52. The van der Waals surface area contributed by atoms with Crippen LogP contribution in [0.5, 0.6) is 23.0 Å². The van der Waals surface area contributed by atoms with Crippen molar-refractivity contribution in [2.45, 2.75) is 20.5 Å². The van der Waals surface area contributed by atoms with E-state index in [9.17, 15) is 4.79 Å². The van der Waals surface area contributed by atoms with Gasteiger partial charge in [-0.2, -0.15) is 0 Å². The largest absolute Gasteiger partial charge is 0.497 e. The summed E-state index contributed by atoms with van der Waals surface area (Å²) >= 11 is 0. The highest BCUT2D eigenvalue weighted by Crippen LogP contribution is 2.38.